The normalized spacial score (nSPS) is 22.4. The summed E-state index contributed by atoms with van der Waals surface area (Å²) in [5.41, 5.74) is 3.76. The summed E-state index contributed by atoms with van der Waals surface area (Å²) in [6.45, 7) is 8.40. The van der Waals surface area contributed by atoms with Gasteiger partial charge in [0.25, 0.3) is 5.91 Å². The minimum Gasteiger partial charge on any atom is -0.466 e. The summed E-state index contributed by atoms with van der Waals surface area (Å²) >= 11 is 0. The lowest BCUT2D eigenvalue weighted by molar-refractivity contribution is 0.0428. The Balaban J connectivity index is 1.20. The van der Waals surface area contributed by atoms with Gasteiger partial charge in [-0.1, -0.05) is 24.3 Å². The van der Waals surface area contributed by atoms with Gasteiger partial charge >= 0.3 is 0 Å². The van der Waals surface area contributed by atoms with Crippen molar-refractivity contribution in [1.29, 1.82) is 0 Å². The second kappa shape index (κ2) is 9.40. The van der Waals surface area contributed by atoms with Gasteiger partial charge in [-0.2, -0.15) is 0 Å². The van der Waals surface area contributed by atoms with Gasteiger partial charge in [-0.25, -0.2) is 0 Å². The zero-order valence-electron chi connectivity index (χ0n) is 19.5. The number of fused-ring (bicyclic) bond motifs is 1. The van der Waals surface area contributed by atoms with Gasteiger partial charge in [-0.15, -0.1) is 0 Å². The second-order valence-corrected chi connectivity index (χ2v) is 9.98. The van der Waals surface area contributed by atoms with Crippen molar-refractivity contribution in [2.45, 2.75) is 64.5 Å². The maximum Gasteiger partial charge on any atom is 0.257 e. The van der Waals surface area contributed by atoms with Gasteiger partial charge in [-0.3, -0.25) is 9.69 Å². The molecule has 1 amide bonds. The monoisotopic (exact) mass is 436 g/mol. The molecule has 32 heavy (non-hydrogen) atoms. The van der Waals surface area contributed by atoms with Gasteiger partial charge in [0.2, 0.25) is 0 Å². The Morgan fingerprint density at radius 3 is 2.38 bits per heavy atom. The number of hydrogen-bond donors (Lipinski definition) is 0. The molecule has 0 unspecified atom stereocenters. The number of ether oxygens (including phenoxy) is 1. The van der Waals surface area contributed by atoms with Crippen molar-refractivity contribution in [3.8, 4) is 0 Å². The highest BCUT2D eigenvalue weighted by Crippen LogP contribution is 2.29. The van der Waals surface area contributed by atoms with Crippen LogP contribution in [0.15, 0.2) is 34.7 Å². The third-order valence-corrected chi connectivity index (χ3v) is 7.68. The van der Waals surface area contributed by atoms with Gasteiger partial charge in [0.05, 0.1) is 11.7 Å². The zero-order valence-corrected chi connectivity index (χ0v) is 19.5. The lowest BCUT2D eigenvalue weighted by Crippen LogP contribution is -2.46. The van der Waals surface area contributed by atoms with Gasteiger partial charge in [0, 0.05) is 25.7 Å². The Morgan fingerprint density at radius 2 is 1.78 bits per heavy atom. The average Bonchev–Trinajstić information content (AvgIpc) is 3.53. The number of aryl methyl sites for hydroxylation is 2. The summed E-state index contributed by atoms with van der Waals surface area (Å²) in [6.07, 6.45) is 7.00. The van der Waals surface area contributed by atoms with Crippen LogP contribution >= 0.6 is 0 Å². The number of likely N-dealkylation sites (tertiary alicyclic amines) is 1. The number of hydrogen-bond acceptors (Lipinski definition) is 4. The fraction of sp³-hybridized carbons (Fsp3) is 0.593. The smallest absolute Gasteiger partial charge is 0.257 e. The molecule has 172 valence electrons. The molecule has 2 fully saturated rings. The molecule has 3 heterocycles. The van der Waals surface area contributed by atoms with Crippen LogP contribution in [0.1, 0.15) is 58.7 Å². The van der Waals surface area contributed by atoms with Crippen molar-refractivity contribution < 1.29 is 13.9 Å². The van der Waals surface area contributed by atoms with E-state index < -0.39 is 0 Å². The quantitative estimate of drug-likeness (QED) is 0.674. The van der Waals surface area contributed by atoms with E-state index >= 15 is 0 Å². The highest BCUT2D eigenvalue weighted by atomic mass is 16.5. The molecule has 0 bridgehead atoms. The minimum atomic E-state index is 0.100. The van der Waals surface area contributed by atoms with Crippen molar-refractivity contribution in [2.24, 2.45) is 5.92 Å². The first-order valence-electron chi connectivity index (χ1n) is 12.4. The van der Waals surface area contributed by atoms with E-state index in [2.05, 4.69) is 34.1 Å². The van der Waals surface area contributed by atoms with Gasteiger partial charge in [-0.05, 0) is 88.6 Å². The Kier molecular flexibility index (Phi) is 6.38. The summed E-state index contributed by atoms with van der Waals surface area (Å²) in [5.74, 6) is 2.17. The average molecular weight is 437 g/mol. The fourth-order valence-electron chi connectivity index (χ4n) is 5.89. The van der Waals surface area contributed by atoms with Crippen molar-refractivity contribution >= 4 is 5.91 Å². The van der Waals surface area contributed by atoms with Crippen LogP contribution < -0.4 is 0 Å². The minimum absolute atomic E-state index is 0.100. The molecule has 2 saturated heterocycles. The van der Waals surface area contributed by atoms with E-state index in [1.807, 2.05) is 19.9 Å². The molecule has 5 nitrogen and oxygen atoms in total. The molecule has 0 radical (unpaired) electrons. The number of benzene rings is 1. The first kappa shape index (κ1) is 21.7. The first-order valence-corrected chi connectivity index (χ1v) is 12.4. The van der Waals surface area contributed by atoms with E-state index in [0.29, 0.717) is 24.1 Å². The number of amides is 1. The Labute approximate surface area is 191 Å². The number of carbonyl (C=O) groups is 1. The van der Waals surface area contributed by atoms with Crippen LogP contribution in [0.5, 0.6) is 0 Å². The maximum atomic E-state index is 13.4. The standard InChI is InChI=1S/C27H36N2O3/c1-19-14-26(20(2)32-19)27(30)29(18-25-8-5-13-31-25)17-21-9-11-28(12-10-21)24-15-22-6-3-4-7-23(22)16-24/h3-4,6-7,14,21,24-25H,5,8-13,15-18H2,1-2H3/t25-/m1/s1. The van der Waals surface area contributed by atoms with Crippen LogP contribution in [0.25, 0.3) is 0 Å². The van der Waals surface area contributed by atoms with E-state index in [9.17, 15) is 4.79 Å². The molecule has 0 spiro atoms. The molecule has 1 aromatic heterocycles. The number of furan rings is 1. The van der Waals surface area contributed by atoms with Gasteiger partial charge in [0.1, 0.15) is 11.5 Å². The predicted octanol–water partition coefficient (Wildman–Crippen LogP) is 4.40. The van der Waals surface area contributed by atoms with Gasteiger partial charge in [0.15, 0.2) is 0 Å². The molecule has 1 atom stereocenters. The van der Waals surface area contributed by atoms with Crippen LogP contribution in [-0.4, -0.2) is 60.6 Å². The summed E-state index contributed by atoms with van der Waals surface area (Å²) < 4.78 is 11.5. The molecule has 1 aromatic carbocycles. The molecule has 0 saturated carbocycles. The van der Waals surface area contributed by atoms with Crippen LogP contribution in [0, 0.1) is 19.8 Å². The lowest BCUT2D eigenvalue weighted by Gasteiger charge is -2.38. The number of piperidine rings is 1. The highest BCUT2D eigenvalue weighted by molar-refractivity contribution is 5.95. The van der Waals surface area contributed by atoms with Crippen molar-refractivity contribution in [3.05, 3.63) is 58.5 Å². The first-order chi connectivity index (χ1) is 15.6. The third kappa shape index (κ3) is 4.65. The van der Waals surface area contributed by atoms with Crippen molar-refractivity contribution in [3.63, 3.8) is 0 Å². The van der Waals surface area contributed by atoms with Crippen molar-refractivity contribution in [1.82, 2.24) is 9.80 Å². The van der Waals surface area contributed by atoms with Crippen LogP contribution in [0.3, 0.4) is 0 Å². The number of carbonyl (C=O) groups excluding carboxylic acids is 1. The van der Waals surface area contributed by atoms with E-state index in [0.717, 1.165) is 63.4 Å². The molecule has 2 aromatic rings. The SMILES string of the molecule is Cc1cc(C(=O)N(CC2CCN(C3Cc4ccccc4C3)CC2)C[C@H]2CCCO2)c(C)o1. The molecule has 5 heteroatoms. The van der Waals surface area contributed by atoms with E-state index in [1.165, 1.54) is 24.0 Å². The summed E-state index contributed by atoms with van der Waals surface area (Å²) in [4.78, 5) is 18.2. The maximum absolute atomic E-state index is 13.4. The molecule has 5 rings (SSSR count). The van der Waals surface area contributed by atoms with Gasteiger partial charge < -0.3 is 14.1 Å². The predicted molar refractivity (Wildman–Crippen MR) is 125 cm³/mol. The Morgan fingerprint density at radius 1 is 1.06 bits per heavy atom. The topological polar surface area (TPSA) is 45.9 Å². The van der Waals surface area contributed by atoms with E-state index in [-0.39, 0.29) is 12.0 Å². The molecular formula is C27H36N2O3. The third-order valence-electron chi connectivity index (χ3n) is 7.68. The Hall–Kier alpha value is -2.11. The fourth-order valence-corrected chi connectivity index (χ4v) is 5.89. The number of rotatable bonds is 6. The summed E-state index contributed by atoms with van der Waals surface area (Å²) in [6, 6.07) is 11.4. The molecule has 0 N–H and O–H groups in total. The van der Waals surface area contributed by atoms with Crippen LogP contribution in [0.2, 0.25) is 0 Å². The van der Waals surface area contributed by atoms with Crippen LogP contribution in [0.4, 0.5) is 0 Å². The zero-order chi connectivity index (χ0) is 22.1. The van der Waals surface area contributed by atoms with E-state index in [4.69, 9.17) is 9.15 Å². The Bertz CT molecular complexity index is 913. The molecular weight excluding hydrogens is 400 g/mol. The van der Waals surface area contributed by atoms with Crippen LogP contribution in [-0.2, 0) is 17.6 Å². The number of nitrogens with zero attached hydrogens (tertiary/aromatic N) is 2. The highest BCUT2D eigenvalue weighted by Gasteiger charge is 2.32. The van der Waals surface area contributed by atoms with Crippen molar-refractivity contribution in [2.75, 3.05) is 32.8 Å². The second-order valence-electron chi connectivity index (χ2n) is 9.98. The van der Waals surface area contributed by atoms with E-state index in [1.54, 1.807) is 0 Å². The largest absolute Gasteiger partial charge is 0.466 e. The summed E-state index contributed by atoms with van der Waals surface area (Å²) in [7, 11) is 0. The molecule has 1 aliphatic carbocycles. The molecule has 2 aliphatic heterocycles. The lowest BCUT2D eigenvalue weighted by atomic mass is 9.94. The molecule has 3 aliphatic rings. The summed E-state index contributed by atoms with van der Waals surface area (Å²) in [5, 5.41) is 0.